The first-order chi connectivity index (χ1) is 14.6. The second-order valence-electron chi connectivity index (χ2n) is 7.64. The highest BCUT2D eigenvalue weighted by Crippen LogP contribution is 2.24. The molecule has 0 unspecified atom stereocenters. The fourth-order valence-electron chi connectivity index (χ4n) is 3.58. The number of nitrogens with zero attached hydrogens (tertiary/aromatic N) is 3. The molecule has 0 bridgehead atoms. The molecule has 1 aliphatic heterocycles. The molecule has 8 heteroatoms. The molecule has 3 aromatic rings. The average molecular weight is 429 g/mol. The summed E-state index contributed by atoms with van der Waals surface area (Å²) in [6, 6.07) is 10.0. The van der Waals surface area contributed by atoms with Gasteiger partial charge >= 0.3 is 0 Å². The number of H-pyrrole nitrogens is 1. The molecule has 160 valence electrons. The highest BCUT2D eigenvalue weighted by Gasteiger charge is 2.15. The Morgan fingerprint density at radius 1 is 1.13 bits per heavy atom. The molecule has 7 nitrogen and oxygen atoms in total. The topological polar surface area (TPSA) is 68.5 Å². The second kappa shape index (κ2) is 9.59. The number of morpholine rings is 1. The van der Waals surface area contributed by atoms with Crippen LogP contribution in [0, 0.1) is 18.6 Å². The molecule has 2 aromatic heterocycles. The molecule has 1 aliphatic rings. The quantitative estimate of drug-likeness (QED) is 0.545. The minimum Gasteiger partial charge on any atom is -0.485 e. The number of furan rings is 1. The van der Waals surface area contributed by atoms with Crippen LogP contribution < -0.4 is 4.74 Å². The van der Waals surface area contributed by atoms with E-state index in [1.54, 1.807) is 0 Å². The summed E-state index contributed by atoms with van der Waals surface area (Å²) >= 11 is 5.44. The van der Waals surface area contributed by atoms with Crippen LogP contribution in [0.15, 0.2) is 34.7 Å². The van der Waals surface area contributed by atoms with Gasteiger partial charge in [-0.15, -0.1) is 0 Å². The third-order valence-corrected chi connectivity index (χ3v) is 5.63. The zero-order valence-corrected chi connectivity index (χ0v) is 18.3. The van der Waals surface area contributed by atoms with Crippen molar-refractivity contribution in [1.82, 2.24) is 19.7 Å². The normalized spacial score (nSPS) is 14.9. The van der Waals surface area contributed by atoms with Crippen LogP contribution in [0.1, 0.15) is 23.3 Å². The number of nitrogens with one attached hydrogen (secondary N) is 1. The summed E-state index contributed by atoms with van der Waals surface area (Å²) < 4.78 is 20.0. The molecule has 30 heavy (non-hydrogen) atoms. The minimum atomic E-state index is 0.368. The number of ether oxygens (including phenoxy) is 2. The molecule has 1 aromatic carbocycles. The SMILES string of the molecule is Cc1ccc(C)c(OCc2ccc(-c3n[nH]c(=S)n3CCCN3CCOCC3)o2)c1. The zero-order chi connectivity index (χ0) is 20.9. The van der Waals surface area contributed by atoms with Crippen LogP contribution in [0.25, 0.3) is 11.6 Å². The number of aromatic amines is 1. The van der Waals surface area contributed by atoms with E-state index in [1.807, 2.05) is 29.7 Å². The van der Waals surface area contributed by atoms with Crippen LogP contribution in [0.5, 0.6) is 5.75 Å². The van der Waals surface area contributed by atoms with Gasteiger partial charge in [0.05, 0.1) is 13.2 Å². The molecular formula is C22H28N4O3S. The number of benzene rings is 1. The van der Waals surface area contributed by atoms with Gasteiger partial charge in [0.2, 0.25) is 0 Å². The van der Waals surface area contributed by atoms with Gasteiger partial charge in [-0.05, 0) is 61.8 Å². The van der Waals surface area contributed by atoms with Crippen molar-refractivity contribution in [2.75, 3.05) is 32.8 Å². The summed E-state index contributed by atoms with van der Waals surface area (Å²) in [4.78, 5) is 2.42. The Morgan fingerprint density at radius 2 is 1.97 bits per heavy atom. The Kier molecular flexibility index (Phi) is 6.66. The Labute approximate surface area is 181 Å². The Morgan fingerprint density at radius 3 is 2.80 bits per heavy atom. The van der Waals surface area contributed by atoms with Gasteiger partial charge < -0.3 is 13.9 Å². The fourth-order valence-corrected chi connectivity index (χ4v) is 3.80. The predicted molar refractivity (Wildman–Crippen MR) is 117 cm³/mol. The van der Waals surface area contributed by atoms with Crippen molar-refractivity contribution in [3.05, 3.63) is 52.0 Å². The van der Waals surface area contributed by atoms with Crippen LogP contribution in [0.4, 0.5) is 0 Å². The molecule has 0 saturated carbocycles. The fraction of sp³-hybridized carbons (Fsp3) is 0.455. The Hall–Kier alpha value is -2.42. The molecule has 1 fully saturated rings. The van der Waals surface area contributed by atoms with Crippen LogP contribution in [0.2, 0.25) is 0 Å². The smallest absolute Gasteiger partial charge is 0.198 e. The van der Waals surface area contributed by atoms with Gasteiger partial charge in [0.15, 0.2) is 16.4 Å². The van der Waals surface area contributed by atoms with Crippen LogP contribution >= 0.6 is 12.2 Å². The van der Waals surface area contributed by atoms with E-state index in [2.05, 4.69) is 34.2 Å². The van der Waals surface area contributed by atoms with Crippen molar-refractivity contribution in [2.24, 2.45) is 0 Å². The summed E-state index contributed by atoms with van der Waals surface area (Å²) in [7, 11) is 0. The number of aromatic nitrogens is 3. The molecule has 1 saturated heterocycles. The molecule has 0 amide bonds. The maximum absolute atomic E-state index is 6.01. The number of aryl methyl sites for hydroxylation is 2. The highest BCUT2D eigenvalue weighted by atomic mass is 32.1. The maximum atomic E-state index is 6.01. The Balaban J connectivity index is 1.39. The van der Waals surface area contributed by atoms with E-state index in [4.69, 9.17) is 26.1 Å². The molecule has 3 heterocycles. The largest absolute Gasteiger partial charge is 0.485 e. The third-order valence-electron chi connectivity index (χ3n) is 5.31. The predicted octanol–water partition coefficient (Wildman–Crippen LogP) is 4.12. The van der Waals surface area contributed by atoms with Gasteiger partial charge in [-0.1, -0.05) is 12.1 Å². The molecule has 0 radical (unpaired) electrons. The third kappa shape index (κ3) is 5.00. The number of hydrogen-bond acceptors (Lipinski definition) is 6. The van der Waals surface area contributed by atoms with Crippen molar-refractivity contribution in [3.63, 3.8) is 0 Å². The molecular weight excluding hydrogens is 400 g/mol. The lowest BCUT2D eigenvalue weighted by Crippen LogP contribution is -2.37. The first-order valence-corrected chi connectivity index (χ1v) is 10.8. The first-order valence-electron chi connectivity index (χ1n) is 10.3. The van der Waals surface area contributed by atoms with Gasteiger partial charge in [0.1, 0.15) is 18.1 Å². The Bertz CT molecular complexity index is 1030. The van der Waals surface area contributed by atoms with Crippen molar-refractivity contribution < 1.29 is 13.9 Å². The molecule has 1 N–H and O–H groups in total. The average Bonchev–Trinajstić information content (AvgIpc) is 3.36. The van der Waals surface area contributed by atoms with Gasteiger partial charge in [0.25, 0.3) is 0 Å². The van der Waals surface area contributed by atoms with Crippen LogP contribution in [-0.2, 0) is 17.9 Å². The minimum absolute atomic E-state index is 0.368. The van der Waals surface area contributed by atoms with Gasteiger partial charge in [-0.25, -0.2) is 0 Å². The molecule has 0 aliphatic carbocycles. The maximum Gasteiger partial charge on any atom is 0.198 e. The number of rotatable bonds is 8. The summed E-state index contributed by atoms with van der Waals surface area (Å²) in [6.07, 6.45) is 0.990. The van der Waals surface area contributed by atoms with Crippen molar-refractivity contribution in [3.8, 4) is 17.3 Å². The van der Waals surface area contributed by atoms with E-state index in [9.17, 15) is 0 Å². The van der Waals surface area contributed by atoms with E-state index in [-0.39, 0.29) is 0 Å². The molecule has 0 spiro atoms. The summed E-state index contributed by atoms with van der Waals surface area (Å²) in [5.74, 6) is 3.03. The van der Waals surface area contributed by atoms with Gasteiger partial charge in [-0.3, -0.25) is 14.6 Å². The van der Waals surface area contributed by atoms with Crippen LogP contribution in [-0.4, -0.2) is 52.5 Å². The van der Waals surface area contributed by atoms with E-state index in [0.717, 1.165) is 68.7 Å². The highest BCUT2D eigenvalue weighted by molar-refractivity contribution is 7.71. The lowest BCUT2D eigenvalue weighted by Gasteiger charge is -2.26. The zero-order valence-electron chi connectivity index (χ0n) is 17.5. The lowest BCUT2D eigenvalue weighted by molar-refractivity contribution is 0.0369. The summed E-state index contributed by atoms with van der Waals surface area (Å²) in [5, 5.41) is 7.28. The summed E-state index contributed by atoms with van der Waals surface area (Å²) in [5.41, 5.74) is 2.27. The molecule has 4 rings (SSSR count). The monoisotopic (exact) mass is 428 g/mol. The van der Waals surface area contributed by atoms with Crippen LogP contribution in [0.3, 0.4) is 0 Å². The van der Waals surface area contributed by atoms with Crippen molar-refractivity contribution >= 4 is 12.2 Å². The molecule has 0 atom stereocenters. The standard InChI is InChI=1S/C22H28N4O3S/c1-16-4-5-17(2)20(14-16)28-15-18-6-7-19(29-18)21-23-24-22(30)26(21)9-3-8-25-10-12-27-13-11-25/h4-7,14H,3,8-13,15H2,1-2H3,(H,24,30). The van der Waals surface area contributed by atoms with E-state index < -0.39 is 0 Å². The second-order valence-corrected chi connectivity index (χ2v) is 8.02. The van der Waals surface area contributed by atoms with Crippen molar-refractivity contribution in [2.45, 2.75) is 33.4 Å². The first kappa shape index (κ1) is 20.8. The number of hydrogen-bond donors (Lipinski definition) is 1. The van der Waals surface area contributed by atoms with E-state index in [0.29, 0.717) is 17.1 Å². The van der Waals surface area contributed by atoms with Gasteiger partial charge in [0, 0.05) is 26.2 Å². The summed E-state index contributed by atoms with van der Waals surface area (Å²) in [6.45, 7) is 9.88. The van der Waals surface area contributed by atoms with Crippen molar-refractivity contribution in [1.29, 1.82) is 0 Å². The van der Waals surface area contributed by atoms with E-state index in [1.165, 1.54) is 5.56 Å². The lowest BCUT2D eigenvalue weighted by atomic mass is 10.1. The van der Waals surface area contributed by atoms with Gasteiger partial charge in [-0.2, -0.15) is 5.10 Å². The van der Waals surface area contributed by atoms with E-state index >= 15 is 0 Å².